The molecule has 0 bridgehead atoms. The number of aliphatic carboxylic acids is 1. The molecular formula is C94H130N22O14. The summed E-state index contributed by atoms with van der Waals surface area (Å²) in [6.07, 6.45) is 3.35. The minimum Gasteiger partial charge on any atom is -0.480 e. The molecule has 2 fully saturated rings. The summed E-state index contributed by atoms with van der Waals surface area (Å²) in [5, 5.41) is 59.4. The van der Waals surface area contributed by atoms with Gasteiger partial charge >= 0.3 is 5.97 Å². The van der Waals surface area contributed by atoms with Gasteiger partial charge in [-0.05, 0) is 169 Å². The zero-order chi connectivity index (χ0) is 93.7. The van der Waals surface area contributed by atoms with E-state index in [9.17, 15) is 29.1 Å². The van der Waals surface area contributed by atoms with Crippen LogP contribution in [-0.4, -0.2) is 228 Å². The van der Waals surface area contributed by atoms with E-state index in [2.05, 4.69) is 63.8 Å². The number of carbonyl (C=O) groups is 13. The van der Waals surface area contributed by atoms with Crippen molar-refractivity contribution in [3.8, 4) is 0 Å². The van der Waals surface area contributed by atoms with Crippen LogP contribution in [0.5, 0.6) is 0 Å². The molecule has 0 saturated carbocycles. The third kappa shape index (κ3) is 34.4. The highest BCUT2D eigenvalue weighted by atomic mass is 16.4. The molecule has 2 heterocycles. The number of hydrogen-bond acceptors (Lipinski definition) is 19. The first-order chi connectivity index (χ1) is 62.7. The van der Waals surface area contributed by atoms with E-state index >= 15 is 38.4 Å². The van der Waals surface area contributed by atoms with Crippen molar-refractivity contribution in [3.63, 3.8) is 0 Å². The number of benzene rings is 6. The fraction of sp³-hybridized carbons (Fsp3) is 0.457. The molecule has 6 aromatic carbocycles. The predicted octanol–water partition coefficient (Wildman–Crippen LogP) is 0.598. The number of amides is 12. The summed E-state index contributed by atoms with van der Waals surface area (Å²) < 4.78 is 0. The number of carbonyl (C=O) groups excluding carboxylic acids is 12. The molecule has 27 N–H and O–H groups in total. The summed E-state index contributed by atoms with van der Waals surface area (Å²) in [7, 11) is 0. The third-order valence-electron chi connectivity index (χ3n) is 22.8. The number of nitrogens with zero attached hydrogens (tertiary/aromatic N) is 2. The zero-order valence-corrected chi connectivity index (χ0v) is 73.7. The minimum atomic E-state index is -1.47. The van der Waals surface area contributed by atoms with Gasteiger partial charge < -0.3 is 113 Å². The van der Waals surface area contributed by atoms with Crippen molar-refractivity contribution in [3.05, 3.63) is 215 Å². The number of carboxylic acids is 1. The molecule has 6 aromatic rings. The van der Waals surface area contributed by atoms with E-state index in [4.69, 9.17) is 45.2 Å². The first kappa shape index (κ1) is 102. The van der Waals surface area contributed by atoms with Crippen molar-refractivity contribution < 1.29 is 67.4 Å². The predicted molar refractivity (Wildman–Crippen MR) is 492 cm³/mol. The lowest BCUT2D eigenvalue weighted by molar-refractivity contribution is -0.143. The van der Waals surface area contributed by atoms with Crippen LogP contribution in [0.4, 0.5) is 0 Å². The monoisotopic (exact) mass is 1790 g/mol. The lowest BCUT2D eigenvalue weighted by Crippen LogP contribution is -2.61. The van der Waals surface area contributed by atoms with Crippen molar-refractivity contribution in [2.75, 3.05) is 45.8 Å². The van der Waals surface area contributed by atoms with Gasteiger partial charge in [-0.15, -0.1) is 0 Å². The Morgan fingerprint density at radius 3 is 0.885 bits per heavy atom. The van der Waals surface area contributed by atoms with Gasteiger partial charge in [-0.2, -0.15) is 0 Å². The van der Waals surface area contributed by atoms with Crippen LogP contribution in [0.25, 0.3) is 0 Å². The van der Waals surface area contributed by atoms with Crippen LogP contribution in [-0.2, 0) is 101 Å². The van der Waals surface area contributed by atoms with Crippen LogP contribution < -0.4 is 98.2 Å². The molecule has 0 aliphatic carbocycles. The van der Waals surface area contributed by atoms with Crippen LogP contribution in [0.3, 0.4) is 0 Å². The van der Waals surface area contributed by atoms with Crippen LogP contribution in [0.15, 0.2) is 182 Å². The van der Waals surface area contributed by atoms with Crippen LogP contribution >= 0.6 is 0 Å². The van der Waals surface area contributed by atoms with E-state index in [0.717, 1.165) is 5.56 Å². The van der Waals surface area contributed by atoms with Gasteiger partial charge in [-0.25, -0.2) is 4.79 Å². The first-order valence-corrected chi connectivity index (χ1v) is 44.8. The van der Waals surface area contributed by atoms with E-state index in [-0.39, 0.29) is 154 Å². The Kier molecular flexibility index (Phi) is 43.1. The molecule has 12 amide bonds. The van der Waals surface area contributed by atoms with Crippen LogP contribution in [0.2, 0.25) is 0 Å². The van der Waals surface area contributed by atoms with Gasteiger partial charge in [0.1, 0.15) is 72.5 Å². The molecule has 0 radical (unpaired) electrons. The number of unbranched alkanes of at least 4 members (excludes halogenated alkanes) is 3. The molecule has 0 aromatic heterocycles. The lowest BCUT2D eigenvalue weighted by Gasteiger charge is -2.32. The van der Waals surface area contributed by atoms with E-state index < -0.39 is 155 Å². The molecule has 2 aliphatic heterocycles. The molecule has 0 unspecified atom stereocenters. The Hall–Kier alpha value is -13.2. The highest BCUT2D eigenvalue weighted by Gasteiger charge is 2.44. The molecule has 13 atom stereocenters. The van der Waals surface area contributed by atoms with E-state index in [1.807, 2.05) is 30.3 Å². The molecule has 36 nitrogen and oxygen atoms in total. The normalized spacial score (nSPS) is 16.0. The van der Waals surface area contributed by atoms with Crippen LogP contribution in [0.1, 0.15) is 143 Å². The van der Waals surface area contributed by atoms with E-state index in [1.54, 1.807) is 152 Å². The highest BCUT2D eigenvalue weighted by Crippen LogP contribution is 2.25. The number of guanidine groups is 2. The van der Waals surface area contributed by atoms with Gasteiger partial charge in [0.15, 0.2) is 11.9 Å². The summed E-state index contributed by atoms with van der Waals surface area (Å²) in [6.45, 7) is 1.06. The summed E-state index contributed by atoms with van der Waals surface area (Å²) >= 11 is 0. The Morgan fingerprint density at radius 1 is 0.315 bits per heavy atom. The maximum atomic E-state index is 15.4. The summed E-state index contributed by atoms with van der Waals surface area (Å²) in [5.74, 6) is -10.9. The summed E-state index contributed by atoms with van der Waals surface area (Å²) in [6, 6.07) is 35.8. The van der Waals surface area contributed by atoms with Crippen molar-refractivity contribution >= 4 is 88.8 Å². The molecule has 36 heteroatoms. The lowest BCUT2D eigenvalue weighted by atomic mass is 10.0. The first-order valence-electron chi connectivity index (χ1n) is 44.8. The second kappa shape index (κ2) is 54.9. The van der Waals surface area contributed by atoms with Gasteiger partial charge in [-0.1, -0.05) is 182 Å². The quantitative estimate of drug-likeness (QED) is 0.0141. The summed E-state index contributed by atoms with van der Waals surface area (Å²) in [4.78, 5) is 194. The van der Waals surface area contributed by atoms with Crippen molar-refractivity contribution in [1.82, 2.24) is 73.6 Å². The Labute approximate surface area is 758 Å². The second-order valence-corrected chi connectivity index (χ2v) is 32.9. The largest absolute Gasteiger partial charge is 0.480 e. The van der Waals surface area contributed by atoms with Gasteiger partial charge in [0.05, 0.1) is 6.04 Å². The van der Waals surface area contributed by atoms with E-state index in [0.29, 0.717) is 79.2 Å². The smallest absolute Gasteiger partial charge is 0.326 e. The molecule has 130 heavy (non-hydrogen) atoms. The Balaban J connectivity index is 1.01. The summed E-state index contributed by atoms with van der Waals surface area (Å²) in [5.41, 5.74) is 39.4. The fourth-order valence-electron chi connectivity index (χ4n) is 15.8. The number of hydrogen-bond donors (Lipinski definition) is 21. The average Bonchev–Trinajstić information content (AvgIpc) is 1.63. The Morgan fingerprint density at radius 2 is 0.562 bits per heavy atom. The highest BCUT2D eigenvalue weighted by molar-refractivity contribution is 6.00. The minimum absolute atomic E-state index is 0.00404. The van der Waals surface area contributed by atoms with Gasteiger partial charge in [0.25, 0.3) is 0 Å². The maximum Gasteiger partial charge on any atom is 0.326 e. The van der Waals surface area contributed by atoms with Gasteiger partial charge in [-0.3, -0.25) is 68.4 Å². The maximum absolute atomic E-state index is 15.4. The third-order valence-corrected chi connectivity index (χ3v) is 22.8. The standard InChI is InChI=1S/C94H130N22O14/c95-48-22-19-41-68(107-88(125)78-46-27-53-115(78)90(127)72(43-21-24-50-97)109-86(123)74(57-63-33-11-3-12-34-63)112-87(124)75(58-64-35-13-4-14-36-64)111-82(119)70(44-25-51-103-93(99)100)105-80(117)67(98)55-61-29-7-1-8-30-61)81(118)110-73(56-62-31-9-2-10-32-62)85(122)106-71(45-26-52-104-94(101)102)83(120)113-76(59-65-37-15-5-16-38-65)91(128)116-54-28-47-79(116)89(126)108-69(42-20-23-49-96)84(121)114-77(92(129)130)60-66-39-17-6-18-40-66/h1-18,29-40,67-79H,19-28,41-60,95-98H2,(H,105,117)(H,106,122)(H,107,125)(H,108,126)(H,109,123)(H,110,118)(H,111,119)(H,112,124)(H,113,120)(H,114,121)(H,129,130)(H4,99,100,103)(H4,101,102,104)/t67-,68-,69-,70-,71-,72-,73-,74-,75-,76-,77-,78-,79-/m0/s1. The van der Waals surface area contributed by atoms with Crippen LogP contribution in [0, 0.1) is 10.8 Å². The molecule has 8 rings (SSSR count). The van der Waals surface area contributed by atoms with Gasteiger partial charge in [0.2, 0.25) is 70.9 Å². The van der Waals surface area contributed by atoms with Crippen molar-refractivity contribution in [2.24, 2.45) is 34.4 Å². The number of nitrogens with two attached hydrogens (primary N) is 6. The average molecular weight is 1790 g/mol. The number of likely N-dealkylation sites (tertiary alicyclic amines) is 2. The number of carboxylic acid groups (broad SMARTS) is 1. The molecule has 0 spiro atoms. The number of nitrogens with one attached hydrogen (secondary N) is 14. The molecular weight excluding hydrogens is 1660 g/mol. The van der Waals surface area contributed by atoms with E-state index in [1.165, 1.54) is 9.80 Å². The second-order valence-electron chi connectivity index (χ2n) is 32.9. The van der Waals surface area contributed by atoms with Crippen molar-refractivity contribution in [1.29, 1.82) is 10.8 Å². The van der Waals surface area contributed by atoms with Crippen molar-refractivity contribution in [2.45, 2.75) is 226 Å². The SMILES string of the molecule is N=C(N)NCCC[C@H](NC(=O)[C@H](Cc1ccccc1)NC(=O)[C@H](CCCCN)NC(=O)[C@@H]1CCCN1C(=O)[C@H](CCCCN)NC(=O)[C@H](Cc1ccccc1)NC(=O)[C@H](Cc1ccccc1)NC(=O)[C@H](CCCNC(=N)N)NC(=O)[C@@H](N)Cc1ccccc1)C(=O)N[C@@H](Cc1ccccc1)C(=O)N1CCC[C@H]1C(=O)N[C@@H](CCCCN)C(=O)N[C@@H](Cc1ccccc1)C(=O)O. The fourth-order valence-corrected chi connectivity index (χ4v) is 15.8. The Bertz CT molecular complexity index is 4650. The molecule has 2 aliphatic rings. The zero-order valence-electron chi connectivity index (χ0n) is 73.7. The molecule has 700 valence electrons. The molecule has 2 saturated heterocycles. The number of rotatable bonds is 55. The topological polar surface area (TPSA) is 597 Å². The van der Waals surface area contributed by atoms with Gasteiger partial charge in [0, 0.05) is 58.3 Å².